The Morgan fingerprint density at radius 2 is 1.67 bits per heavy atom. The summed E-state index contributed by atoms with van der Waals surface area (Å²) in [6, 6.07) is 19.6. The minimum atomic E-state index is -2.26. The van der Waals surface area contributed by atoms with Gasteiger partial charge in [0.2, 0.25) is 0 Å². The van der Waals surface area contributed by atoms with Crippen molar-refractivity contribution >= 4 is 39.0 Å². The van der Waals surface area contributed by atoms with E-state index in [4.69, 9.17) is 8.53 Å². The fourth-order valence-electron chi connectivity index (χ4n) is 3.46. The lowest BCUT2D eigenvalue weighted by Gasteiger charge is -2.21. The van der Waals surface area contributed by atoms with E-state index >= 15 is 0 Å². The van der Waals surface area contributed by atoms with Crippen LogP contribution in [0.1, 0.15) is 9.68 Å². The predicted octanol–water partition coefficient (Wildman–Crippen LogP) is 5.60. The van der Waals surface area contributed by atoms with Crippen LogP contribution in [-0.2, 0) is 0 Å². The number of hydrogen-bond donors (Lipinski definition) is 0. The molecule has 3 heteroatoms. The topological polar surface area (TPSA) is 19.6 Å². The monoisotopic (exact) mass is 316 g/mol. The Morgan fingerprint density at radius 3 is 2.54 bits per heavy atom. The summed E-state index contributed by atoms with van der Waals surface area (Å²) < 4.78 is 29.9. The molecule has 1 radical (unpaired) electrons. The van der Waals surface area contributed by atoms with E-state index < -0.39 is 6.98 Å². The number of furan rings is 1. The van der Waals surface area contributed by atoms with E-state index in [1.54, 1.807) is 6.67 Å². The van der Waals surface area contributed by atoms with Crippen LogP contribution in [0.5, 0.6) is 0 Å². The molecule has 0 spiro atoms. The molecule has 1 aliphatic heterocycles. The molecule has 1 aliphatic rings. The third-order valence-electron chi connectivity index (χ3n) is 4.60. The van der Waals surface area contributed by atoms with E-state index in [9.17, 15) is 0 Å². The molecule has 1 aromatic heterocycles. The van der Waals surface area contributed by atoms with Gasteiger partial charge in [0.15, 0.2) is 5.58 Å². The van der Waals surface area contributed by atoms with Gasteiger partial charge in [-0.15, -0.1) is 0 Å². The maximum atomic E-state index is 7.89. The van der Waals surface area contributed by atoms with Crippen LogP contribution in [0.3, 0.4) is 0 Å². The molecule has 0 unspecified atom stereocenters. The second kappa shape index (κ2) is 4.78. The Morgan fingerprint density at radius 1 is 0.875 bits per heavy atom. The molecule has 3 aromatic carbocycles. The molecule has 4 aromatic rings. The maximum absolute atomic E-state index is 7.89. The van der Waals surface area contributed by atoms with E-state index in [1.807, 2.05) is 66.4 Å². The zero-order chi connectivity index (χ0) is 18.8. The molecule has 24 heavy (non-hydrogen) atoms. The summed E-state index contributed by atoms with van der Waals surface area (Å²) in [7, 11) is 0. The van der Waals surface area contributed by atoms with E-state index in [0.29, 0.717) is 5.69 Å². The molecule has 0 atom stereocenters. The third kappa shape index (κ3) is 1.72. The second-order valence-electron chi connectivity index (χ2n) is 6.05. The average molecular weight is 316 g/mol. The smallest absolute Gasteiger partial charge is 0.159 e. The number of para-hydroxylation sites is 3. The van der Waals surface area contributed by atoms with Crippen molar-refractivity contribution in [3.8, 4) is 0 Å². The Bertz CT molecular complexity index is 1180. The van der Waals surface area contributed by atoms with Gasteiger partial charge in [0.1, 0.15) is 12.3 Å². The first-order valence-electron chi connectivity index (χ1n) is 9.38. The fourth-order valence-corrected chi connectivity index (χ4v) is 3.46. The van der Waals surface area contributed by atoms with Crippen molar-refractivity contribution in [3.63, 3.8) is 0 Å². The molecule has 117 valence electrons. The number of nitrogens with zero attached hydrogens (tertiary/aromatic N) is 2. The van der Waals surface area contributed by atoms with Gasteiger partial charge in [0.05, 0.1) is 17.1 Å². The van der Waals surface area contributed by atoms with Crippen molar-refractivity contribution in [1.82, 2.24) is 0 Å². The van der Waals surface area contributed by atoms with Crippen LogP contribution in [-0.4, -0.2) is 6.98 Å². The first-order chi connectivity index (χ1) is 12.9. The molecule has 0 N–H and O–H groups in total. The third-order valence-corrected chi connectivity index (χ3v) is 4.60. The van der Waals surface area contributed by atoms with Gasteiger partial charge in [0.25, 0.3) is 0 Å². The molecule has 0 saturated carbocycles. The van der Waals surface area contributed by atoms with Crippen molar-refractivity contribution in [2.24, 2.45) is 0 Å². The number of aryl methyl sites for hydroxylation is 1. The van der Waals surface area contributed by atoms with Gasteiger partial charge in [-0.05, 0) is 30.7 Å². The van der Waals surface area contributed by atoms with E-state index in [0.717, 1.165) is 38.9 Å². The van der Waals surface area contributed by atoms with Crippen LogP contribution in [0, 0.1) is 13.6 Å². The summed E-state index contributed by atoms with van der Waals surface area (Å²) in [6.07, 6.45) is 0. The first kappa shape index (κ1) is 10.8. The highest BCUT2D eigenvalue weighted by Gasteiger charge is 2.28. The molecule has 2 heterocycles. The van der Waals surface area contributed by atoms with Crippen molar-refractivity contribution in [2.75, 3.05) is 16.8 Å². The van der Waals surface area contributed by atoms with Gasteiger partial charge < -0.3 is 14.2 Å². The van der Waals surface area contributed by atoms with Crippen molar-refractivity contribution in [3.05, 3.63) is 72.9 Å². The van der Waals surface area contributed by atoms with Gasteiger partial charge in [-0.25, -0.2) is 0 Å². The van der Waals surface area contributed by atoms with Crippen LogP contribution in [0.4, 0.5) is 17.1 Å². The van der Waals surface area contributed by atoms with Crippen LogP contribution >= 0.6 is 0 Å². The summed E-state index contributed by atoms with van der Waals surface area (Å²) in [5.74, 6) is 0. The lowest BCUT2D eigenvalue weighted by molar-refractivity contribution is 0.668. The lowest BCUT2D eigenvalue weighted by Crippen LogP contribution is -2.18. The minimum absolute atomic E-state index is 0.657. The first-order valence-corrected chi connectivity index (χ1v) is 7.88. The van der Waals surface area contributed by atoms with Gasteiger partial charge in [-0.3, -0.25) is 0 Å². The lowest BCUT2D eigenvalue weighted by atomic mass is 10.1. The molecule has 5 rings (SSSR count). The summed E-state index contributed by atoms with van der Waals surface area (Å²) >= 11 is 0. The van der Waals surface area contributed by atoms with Crippen molar-refractivity contribution in [2.45, 2.75) is 6.92 Å². The summed E-state index contributed by atoms with van der Waals surface area (Å²) in [5.41, 5.74) is 4.94. The molecule has 0 fully saturated rings. The largest absolute Gasteiger partial charge is 0.454 e. The fraction of sp³-hybridized carbons (Fsp3) is 0.0952. The van der Waals surface area contributed by atoms with Gasteiger partial charge >= 0.3 is 0 Å². The van der Waals surface area contributed by atoms with Gasteiger partial charge in [-0.2, -0.15) is 0 Å². The molecule has 0 amide bonds. The van der Waals surface area contributed by atoms with Crippen LogP contribution < -0.4 is 9.80 Å². The normalized spacial score (nSPS) is 16.3. The van der Waals surface area contributed by atoms with Crippen molar-refractivity contribution in [1.29, 1.82) is 0 Å². The summed E-state index contributed by atoms with van der Waals surface area (Å²) in [5, 5.41) is 2.07. The Hall–Kier alpha value is -2.94. The average Bonchev–Trinajstić information content (AvgIpc) is 3.20. The van der Waals surface area contributed by atoms with E-state index in [1.165, 1.54) is 4.90 Å². The molecule has 0 saturated heterocycles. The summed E-state index contributed by atoms with van der Waals surface area (Å²) in [6.45, 7) is 1.39. The Balaban J connectivity index is 1.78. The zero-order valence-corrected chi connectivity index (χ0v) is 13.2. The van der Waals surface area contributed by atoms with Gasteiger partial charge in [0, 0.05) is 21.9 Å². The molecule has 3 nitrogen and oxygen atoms in total. The highest BCUT2D eigenvalue weighted by atomic mass is 16.3. The van der Waals surface area contributed by atoms with E-state index in [2.05, 4.69) is 6.07 Å². The second-order valence-corrected chi connectivity index (χ2v) is 6.05. The van der Waals surface area contributed by atoms with Gasteiger partial charge in [-0.1, -0.05) is 42.5 Å². The Kier molecular flexibility index (Phi) is 2.14. The number of anilines is 3. The quantitative estimate of drug-likeness (QED) is 0.455. The minimum Gasteiger partial charge on any atom is -0.454 e. The number of hydrogen-bond acceptors (Lipinski definition) is 3. The zero-order valence-electron chi connectivity index (χ0n) is 16.2. The molecular formula is C21H17N2O. The van der Waals surface area contributed by atoms with Crippen LogP contribution in [0.2, 0.25) is 0 Å². The summed E-state index contributed by atoms with van der Waals surface area (Å²) in [4.78, 5) is 3.25. The SMILES string of the molecule is [2H]C([2H])([2H])N1[CH]N(c2c(C)ccc3c2oc2ccccc23)c2ccccc21. The molecular weight excluding hydrogens is 296 g/mol. The maximum Gasteiger partial charge on any atom is 0.159 e. The number of rotatable bonds is 1. The standard InChI is InChI=1S/C21H17N2O/c1-14-11-12-16-15-7-3-6-10-19(15)24-21(16)20(14)23-13-22(2)17-8-4-5-9-18(17)23/h3-13H,1-2H3/i2D3. The number of benzene rings is 3. The highest BCUT2D eigenvalue weighted by Crippen LogP contribution is 2.46. The highest BCUT2D eigenvalue weighted by molar-refractivity contribution is 6.10. The Labute approximate surface area is 144 Å². The van der Waals surface area contributed by atoms with E-state index in [-0.39, 0.29) is 0 Å². The van der Waals surface area contributed by atoms with Crippen LogP contribution in [0.15, 0.2) is 65.1 Å². The molecule has 0 aliphatic carbocycles. The van der Waals surface area contributed by atoms with Crippen molar-refractivity contribution < 1.29 is 8.53 Å². The molecule has 0 bridgehead atoms. The predicted molar refractivity (Wildman–Crippen MR) is 99.7 cm³/mol. The van der Waals surface area contributed by atoms with Crippen LogP contribution in [0.25, 0.3) is 21.9 Å². The number of fused-ring (bicyclic) bond motifs is 4.